The van der Waals surface area contributed by atoms with Crippen LogP contribution in [0.5, 0.6) is 5.75 Å². The van der Waals surface area contributed by atoms with Crippen LogP contribution in [-0.2, 0) is 0 Å². The van der Waals surface area contributed by atoms with Gasteiger partial charge in [-0.05, 0) is 17.3 Å². The maximum absolute atomic E-state index is 13.6. The fraction of sp³-hybridized carbons (Fsp3) is 0.100. The highest BCUT2D eigenvalue weighted by molar-refractivity contribution is 5.89. The van der Waals surface area contributed by atoms with E-state index in [0.29, 0.717) is 0 Å². The average molecular weight is 265 g/mol. The van der Waals surface area contributed by atoms with E-state index in [1.165, 1.54) is 19.1 Å². The minimum atomic E-state index is -1.12. The van der Waals surface area contributed by atoms with Crippen LogP contribution in [0.3, 0.4) is 0 Å². The molecule has 0 aliphatic rings. The Bertz CT molecular complexity index is 654. The summed E-state index contributed by atoms with van der Waals surface area (Å²) in [5, 5.41) is 10.8. The van der Waals surface area contributed by atoms with Crippen LogP contribution in [0.4, 0.5) is 9.18 Å². The highest BCUT2D eigenvalue weighted by Gasteiger charge is 2.12. The third-order valence-electron chi connectivity index (χ3n) is 2.09. The van der Waals surface area contributed by atoms with Crippen molar-refractivity contribution in [1.82, 2.24) is 20.2 Å². The van der Waals surface area contributed by atoms with Gasteiger partial charge in [0, 0.05) is 13.0 Å². The van der Waals surface area contributed by atoms with Crippen molar-refractivity contribution in [1.29, 1.82) is 0 Å². The molecule has 2 N–H and O–H groups in total. The van der Waals surface area contributed by atoms with Crippen molar-refractivity contribution in [3.63, 3.8) is 0 Å². The number of ether oxygens (including phenoxy) is 1. The molecule has 98 valence electrons. The van der Waals surface area contributed by atoms with Crippen molar-refractivity contribution in [2.24, 2.45) is 5.73 Å². The van der Waals surface area contributed by atoms with Crippen LogP contribution in [-0.4, -0.2) is 32.1 Å². The zero-order valence-corrected chi connectivity index (χ0v) is 9.70. The van der Waals surface area contributed by atoms with E-state index in [4.69, 9.17) is 5.73 Å². The molecule has 0 unspecified atom stereocenters. The number of primary amides is 1. The van der Waals surface area contributed by atoms with E-state index in [0.717, 1.165) is 10.9 Å². The number of carbonyl (C=O) groups excluding carboxylic acids is 2. The van der Waals surface area contributed by atoms with Crippen molar-refractivity contribution < 1.29 is 18.7 Å². The van der Waals surface area contributed by atoms with Gasteiger partial charge in [0.05, 0.1) is 5.69 Å². The summed E-state index contributed by atoms with van der Waals surface area (Å²) >= 11 is 0. The number of hydrogen-bond donors (Lipinski definition) is 1. The number of ketones is 1. The lowest BCUT2D eigenvalue weighted by Crippen LogP contribution is -2.17. The molecule has 0 bridgehead atoms. The summed E-state index contributed by atoms with van der Waals surface area (Å²) in [7, 11) is 0. The fourth-order valence-corrected chi connectivity index (χ4v) is 1.27. The molecule has 9 heteroatoms. The van der Waals surface area contributed by atoms with Gasteiger partial charge in [0.25, 0.3) is 0 Å². The number of hydrogen-bond acceptors (Lipinski definition) is 6. The SMILES string of the molecule is CC(=O)c1nnn(-c2ccc(OC(N)=O)c(F)c2)n1. The lowest BCUT2D eigenvalue weighted by Gasteiger charge is -2.03. The molecule has 2 aromatic rings. The quantitative estimate of drug-likeness (QED) is 0.806. The fourth-order valence-electron chi connectivity index (χ4n) is 1.27. The van der Waals surface area contributed by atoms with Crippen LogP contribution in [0.25, 0.3) is 5.69 Å². The van der Waals surface area contributed by atoms with Gasteiger partial charge in [-0.3, -0.25) is 4.79 Å². The predicted octanol–water partition coefficient (Wildman–Crippen LogP) is 0.462. The van der Waals surface area contributed by atoms with Gasteiger partial charge in [-0.2, -0.15) is 0 Å². The number of halogens is 1. The van der Waals surface area contributed by atoms with Gasteiger partial charge in [-0.15, -0.1) is 15.0 Å². The van der Waals surface area contributed by atoms with E-state index >= 15 is 0 Å². The number of nitrogens with two attached hydrogens (primary N) is 1. The summed E-state index contributed by atoms with van der Waals surface area (Å²) in [4.78, 5) is 22.5. The largest absolute Gasteiger partial charge is 0.410 e. The molecule has 0 spiro atoms. The van der Waals surface area contributed by atoms with Crippen LogP contribution in [0.15, 0.2) is 18.2 Å². The molecule has 0 atom stereocenters. The van der Waals surface area contributed by atoms with Crippen LogP contribution >= 0.6 is 0 Å². The highest BCUT2D eigenvalue weighted by Crippen LogP contribution is 2.19. The second-order valence-electron chi connectivity index (χ2n) is 3.49. The summed E-state index contributed by atoms with van der Waals surface area (Å²) in [6.07, 6.45) is -1.12. The average Bonchev–Trinajstić information content (AvgIpc) is 2.80. The van der Waals surface area contributed by atoms with Gasteiger partial charge in [0.1, 0.15) is 0 Å². The Kier molecular flexibility index (Phi) is 3.19. The monoisotopic (exact) mass is 265 g/mol. The van der Waals surface area contributed by atoms with E-state index in [1.807, 2.05) is 0 Å². The second kappa shape index (κ2) is 4.80. The summed E-state index contributed by atoms with van der Waals surface area (Å²) in [6.45, 7) is 1.28. The number of nitrogens with zero attached hydrogens (tertiary/aromatic N) is 4. The van der Waals surface area contributed by atoms with Crippen LogP contribution in [0.2, 0.25) is 0 Å². The maximum atomic E-state index is 13.6. The zero-order valence-electron chi connectivity index (χ0n) is 9.70. The van der Waals surface area contributed by atoms with Crippen LogP contribution in [0.1, 0.15) is 17.5 Å². The van der Waals surface area contributed by atoms with Crippen LogP contribution in [0, 0.1) is 5.82 Å². The lowest BCUT2D eigenvalue weighted by atomic mass is 10.3. The van der Waals surface area contributed by atoms with Crippen molar-refractivity contribution in [2.75, 3.05) is 0 Å². The first kappa shape index (κ1) is 12.6. The van der Waals surface area contributed by atoms with E-state index in [9.17, 15) is 14.0 Å². The van der Waals surface area contributed by atoms with Gasteiger partial charge < -0.3 is 10.5 Å². The van der Waals surface area contributed by atoms with E-state index in [1.54, 1.807) is 0 Å². The number of tetrazole rings is 1. The number of amides is 1. The Morgan fingerprint density at radius 3 is 2.68 bits per heavy atom. The molecule has 8 nitrogen and oxygen atoms in total. The Hall–Kier alpha value is -2.84. The molecule has 2 rings (SSSR count). The minimum absolute atomic E-state index is 0.0853. The Balaban J connectivity index is 2.33. The second-order valence-corrected chi connectivity index (χ2v) is 3.49. The summed E-state index contributed by atoms with van der Waals surface area (Å²) in [5.41, 5.74) is 4.99. The molecule has 1 aromatic heterocycles. The molecule has 0 radical (unpaired) electrons. The standard InChI is InChI=1S/C10H8FN5O3/c1-5(17)9-13-15-16(14-9)6-2-3-8(7(11)4-6)19-10(12)18/h2-4H,1H3,(H2,12,18). The summed E-state index contributed by atoms with van der Waals surface area (Å²) < 4.78 is 18.0. The molecular formula is C10H8FN5O3. The zero-order chi connectivity index (χ0) is 14.0. The minimum Gasteiger partial charge on any atom is -0.407 e. The molecule has 0 saturated carbocycles. The Morgan fingerprint density at radius 1 is 1.42 bits per heavy atom. The van der Waals surface area contributed by atoms with E-state index < -0.39 is 11.9 Å². The first-order chi connectivity index (χ1) is 8.97. The maximum Gasteiger partial charge on any atom is 0.410 e. The Morgan fingerprint density at radius 2 is 2.16 bits per heavy atom. The first-order valence-corrected chi connectivity index (χ1v) is 5.05. The van der Waals surface area contributed by atoms with Gasteiger partial charge in [0.15, 0.2) is 11.6 Å². The molecule has 1 amide bonds. The van der Waals surface area contributed by atoms with Gasteiger partial charge in [-0.1, -0.05) is 0 Å². The lowest BCUT2D eigenvalue weighted by molar-refractivity contribution is 0.100. The van der Waals surface area contributed by atoms with Crippen molar-refractivity contribution in [2.45, 2.75) is 6.92 Å². The topological polar surface area (TPSA) is 113 Å². The van der Waals surface area contributed by atoms with E-state index in [2.05, 4.69) is 20.1 Å². The van der Waals surface area contributed by atoms with E-state index in [-0.39, 0.29) is 23.0 Å². The molecule has 0 aliphatic heterocycles. The number of rotatable bonds is 3. The molecular weight excluding hydrogens is 257 g/mol. The van der Waals surface area contributed by atoms with Crippen LogP contribution < -0.4 is 10.5 Å². The van der Waals surface area contributed by atoms with Gasteiger partial charge in [-0.25, -0.2) is 9.18 Å². The number of Topliss-reactive ketones (excluding diaryl/α,β-unsaturated/α-hetero) is 1. The molecule has 1 heterocycles. The number of carbonyl (C=O) groups is 2. The summed E-state index contributed by atoms with van der Waals surface area (Å²) in [5.74, 6) is -1.58. The highest BCUT2D eigenvalue weighted by atomic mass is 19.1. The molecule has 0 saturated heterocycles. The summed E-state index contributed by atoms with van der Waals surface area (Å²) in [6, 6.07) is 3.59. The number of benzene rings is 1. The molecule has 1 aromatic carbocycles. The third-order valence-corrected chi connectivity index (χ3v) is 2.09. The Labute approximate surface area is 106 Å². The smallest absolute Gasteiger partial charge is 0.407 e. The predicted molar refractivity (Wildman–Crippen MR) is 59.3 cm³/mol. The van der Waals surface area contributed by atoms with Crippen molar-refractivity contribution in [3.05, 3.63) is 29.8 Å². The number of aromatic nitrogens is 4. The van der Waals surface area contributed by atoms with Gasteiger partial charge >= 0.3 is 6.09 Å². The molecule has 19 heavy (non-hydrogen) atoms. The molecule has 0 fully saturated rings. The third kappa shape index (κ3) is 2.70. The molecule has 0 aliphatic carbocycles. The first-order valence-electron chi connectivity index (χ1n) is 5.05. The van der Waals surface area contributed by atoms with Crippen molar-refractivity contribution in [3.8, 4) is 11.4 Å². The van der Waals surface area contributed by atoms with Gasteiger partial charge in [0.2, 0.25) is 11.6 Å². The van der Waals surface area contributed by atoms with Crippen molar-refractivity contribution >= 4 is 11.9 Å². The normalized spacial score (nSPS) is 10.2.